The minimum absolute atomic E-state index is 0.0569. The fraction of sp³-hybridized carbons (Fsp3) is 0.483. The normalized spacial score (nSPS) is 18.0. The van der Waals surface area contributed by atoms with Gasteiger partial charge in [0.15, 0.2) is 5.82 Å². The summed E-state index contributed by atoms with van der Waals surface area (Å²) in [5, 5.41) is 8.25. The molecule has 2 aromatic carbocycles. The molecule has 1 saturated carbocycles. The third-order valence-corrected chi connectivity index (χ3v) is 7.88. The molecule has 36 heavy (non-hydrogen) atoms. The monoisotopic (exact) mass is 506 g/mol. The van der Waals surface area contributed by atoms with Crippen LogP contribution in [0.15, 0.2) is 59.1 Å². The van der Waals surface area contributed by atoms with Gasteiger partial charge in [-0.1, -0.05) is 65.6 Å². The van der Waals surface area contributed by atoms with Gasteiger partial charge in [0.05, 0.1) is 6.04 Å². The standard InChI is InChI=1S/C29H35ClN4O2/c30-25-11-5-8-22(18-25)19-27-32-29(36-33-27)24-12-15-34(16-13-24)17-14-26(23-9-2-1-3-10-23)31-28(35)20-21-6-4-7-21/h1-3,5,8-11,18,21,24,26H,4,6-7,12-17,19-20H2,(H,31,35)/t26-/m0/s1. The van der Waals surface area contributed by atoms with Crippen molar-refractivity contribution in [2.24, 2.45) is 5.92 Å². The summed E-state index contributed by atoms with van der Waals surface area (Å²) in [6.45, 7) is 2.95. The van der Waals surface area contributed by atoms with E-state index in [1.54, 1.807) is 0 Å². The third kappa shape index (κ3) is 6.74. The van der Waals surface area contributed by atoms with E-state index < -0.39 is 0 Å². The fourth-order valence-corrected chi connectivity index (χ4v) is 5.48. The van der Waals surface area contributed by atoms with Crippen molar-refractivity contribution in [1.82, 2.24) is 20.4 Å². The number of rotatable bonds is 10. The van der Waals surface area contributed by atoms with E-state index in [0.29, 0.717) is 30.5 Å². The molecular weight excluding hydrogens is 472 g/mol. The number of carbonyl (C=O) groups excluding carboxylic acids is 1. The van der Waals surface area contributed by atoms with Crippen molar-refractivity contribution < 1.29 is 9.32 Å². The van der Waals surface area contributed by atoms with Gasteiger partial charge in [0, 0.05) is 30.3 Å². The first-order chi connectivity index (χ1) is 17.6. The molecule has 1 aliphatic heterocycles. The van der Waals surface area contributed by atoms with Crippen molar-refractivity contribution in [3.63, 3.8) is 0 Å². The van der Waals surface area contributed by atoms with Crippen molar-refractivity contribution in [3.05, 3.63) is 82.5 Å². The highest BCUT2D eigenvalue weighted by molar-refractivity contribution is 6.30. The van der Waals surface area contributed by atoms with Gasteiger partial charge in [-0.05, 0) is 74.4 Å². The van der Waals surface area contributed by atoms with E-state index in [4.69, 9.17) is 16.1 Å². The lowest BCUT2D eigenvalue weighted by molar-refractivity contribution is -0.123. The van der Waals surface area contributed by atoms with Gasteiger partial charge in [0.2, 0.25) is 11.8 Å². The van der Waals surface area contributed by atoms with Crippen molar-refractivity contribution in [1.29, 1.82) is 0 Å². The third-order valence-electron chi connectivity index (χ3n) is 7.64. The summed E-state index contributed by atoms with van der Waals surface area (Å²) in [7, 11) is 0. The second-order valence-electron chi connectivity index (χ2n) is 10.3. The average molecular weight is 507 g/mol. The van der Waals surface area contributed by atoms with Gasteiger partial charge in [-0.25, -0.2) is 0 Å². The summed E-state index contributed by atoms with van der Waals surface area (Å²) in [5.74, 6) is 2.53. The molecule has 3 aromatic rings. The highest BCUT2D eigenvalue weighted by Gasteiger charge is 2.27. The number of carbonyl (C=O) groups is 1. The number of amides is 1. The van der Waals surface area contributed by atoms with Crippen LogP contribution in [0.25, 0.3) is 0 Å². The SMILES string of the molecule is O=C(CC1CCC1)N[C@@H](CCN1CCC(c2nc(Cc3cccc(Cl)c3)no2)CC1)c1ccccc1. The van der Waals surface area contributed by atoms with Gasteiger partial charge in [-0.2, -0.15) is 4.98 Å². The summed E-state index contributed by atoms with van der Waals surface area (Å²) >= 11 is 6.10. The van der Waals surface area contributed by atoms with E-state index in [1.165, 1.54) is 24.8 Å². The molecular formula is C29H35ClN4O2. The van der Waals surface area contributed by atoms with Gasteiger partial charge < -0.3 is 14.7 Å². The molecule has 7 heteroatoms. The lowest BCUT2D eigenvalue weighted by Gasteiger charge is -2.32. The fourth-order valence-electron chi connectivity index (χ4n) is 5.27. The van der Waals surface area contributed by atoms with Crippen LogP contribution in [0.3, 0.4) is 0 Å². The molecule has 1 saturated heterocycles. The van der Waals surface area contributed by atoms with E-state index in [1.807, 2.05) is 30.3 Å². The van der Waals surface area contributed by atoms with Crippen LogP contribution in [0.2, 0.25) is 5.02 Å². The summed E-state index contributed by atoms with van der Waals surface area (Å²) < 4.78 is 5.63. The zero-order chi connectivity index (χ0) is 24.7. The van der Waals surface area contributed by atoms with E-state index in [2.05, 4.69) is 44.6 Å². The number of hydrogen-bond acceptors (Lipinski definition) is 5. The van der Waals surface area contributed by atoms with E-state index in [9.17, 15) is 4.79 Å². The largest absolute Gasteiger partial charge is 0.349 e. The predicted octanol–water partition coefficient (Wildman–Crippen LogP) is 5.93. The number of likely N-dealkylation sites (tertiary alicyclic amines) is 1. The van der Waals surface area contributed by atoms with Gasteiger partial charge in [-0.3, -0.25) is 4.79 Å². The smallest absolute Gasteiger partial charge is 0.229 e. The first-order valence-corrected chi connectivity index (χ1v) is 13.6. The molecule has 6 nitrogen and oxygen atoms in total. The number of nitrogens with zero attached hydrogens (tertiary/aromatic N) is 3. The Morgan fingerprint density at radius 2 is 1.89 bits per heavy atom. The van der Waals surface area contributed by atoms with Crippen molar-refractivity contribution >= 4 is 17.5 Å². The highest BCUT2D eigenvalue weighted by atomic mass is 35.5. The Balaban J connectivity index is 1.11. The van der Waals surface area contributed by atoms with Crippen LogP contribution in [0.1, 0.15) is 79.7 Å². The lowest BCUT2D eigenvalue weighted by Crippen LogP contribution is -2.37. The minimum Gasteiger partial charge on any atom is -0.349 e. The van der Waals surface area contributed by atoms with Gasteiger partial charge >= 0.3 is 0 Å². The van der Waals surface area contributed by atoms with Crippen LogP contribution in [0, 0.1) is 5.92 Å². The Hall–Kier alpha value is -2.70. The zero-order valence-electron chi connectivity index (χ0n) is 20.7. The van der Waals surface area contributed by atoms with E-state index in [0.717, 1.165) is 55.4 Å². The van der Waals surface area contributed by atoms with E-state index >= 15 is 0 Å². The number of aromatic nitrogens is 2. The second kappa shape index (κ2) is 12.0. The zero-order valence-corrected chi connectivity index (χ0v) is 21.5. The quantitative estimate of drug-likeness (QED) is 0.369. The molecule has 2 fully saturated rings. The second-order valence-corrected chi connectivity index (χ2v) is 10.7. The van der Waals surface area contributed by atoms with Crippen LogP contribution in [-0.2, 0) is 11.2 Å². The number of nitrogens with one attached hydrogen (secondary N) is 1. The molecule has 0 unspecified atom stereocenters. The molecule has 1 aliphatic carbocycles. The maximum atomic E-state index is 12.7. The van der Waals surface area contributed by atoms with Crippen molar-refractivity contribution in [2.75, 3.05) is 19.6 Å². The summed E-state index contributed by atoms with van der Waals surface area (Å²) in [6, 6.07) is 18.2. The first kappa shape index (κ1) is 25.0. The average Bonchev–Trinajstić information content (AvgIpc) is 3.33. The molecule has 0 spiro atoms. The van der Waals surface area contributed by atoms with Crippen LogP contribution < -0.4 is 5.32 Å². The number of benzene rings is 2. The molecule has 0 radical (unpaired) electrons. The van der Waals surface area contributed by atoms with Crippen LogP contribution in [0.5, 0.6) is 0 Å². The highest BCUT2D eigenvalue weighted by Crippen LogP contribution is 2.30. The van der Waals surface area contributed by atoms with Crippen molar-refractivity contribution in [3.8, 4) is 0 Å². The Morgan fingerprint density at radius 1 is 1.08 bits per heavy atom. The lowest BCUT2D eigenvalue weighted by atomic mass is 9.83. The molecule has 1 aromatic heterocycles. The molecule has 1 amide bonds. The Kier molecular flexibility index (Phi) is 8.34. The summed E-state index contributed by atoms with van der Waals surface area (Å²) in [5.41, 5.74) is 2.27. The minimum atomic E-state index is 0.0569. The Morgan fingerprint density at radius 3 is 2.61 bits per heavy atom. The van der Waals surface area contributed by atoms with Crippen LogP contribution in [0.4, 0.5) is 0 Å². The molecule has 2 heterocycles. The first-order valence-electron chi connectivity index (χ1n) is 13.3. The molecule has 5 rings (SSSR count). The number of piperidine rings is 1. The predicted molar refractivity (Wildman–Crippen MR) is 141 cm³/mol. The molecule has 2 aliphatic rings. The van der Waals surface area contributed by atoms with Gasteiger partial charge in [0.25, 0.3) is 0 Å². The molecule has 0 bridgehead atoms. The van der Waals surface area contributed by atoms with Crippen LogP contribution in [-0.4, -0.2) is 40.6 Å². The maximum Gasteiger partial charge on any atom is 0.229 e. The topological polar surface area (TPSA) is 71.3 Å². The van der Waals surface area contributed by atoms with Gasteiger partial charge in [0.1, 0.15) is 0 Å². The Labute approximate surface area is 218 Å². The molecule has 190 valence electrons. The molecule has 1 atom stereocenters. The molecule has 1 N–H and O–H groups in total. The van der Waals surface area contributed by atoms with Crippen LogP contribution >= 0.6 is 11.6 Å². The van der Waals surface area contributed by atoms with Crippen molar-refractivity contribution in [2.45, 2.75) is 63.3 Å². The summed E-state index contributed by atoms with van der Waals surface area (Å²) in [4.78, 5) is 19.8. The Bertz CT molecular complexity index is 1120. The maximum absolute atomic E-state index is 12.7. The number of hydrogen-bond donors (Lipinski definition) is 1. The van der Waals surface area contributed by atoms with Gasteiger partial charge in [-0.15, -0.1) is 0 Å². The number of halogens is 1. The van der Waals surface area contributed by atoms with E-state index in [-0.39, 0.29) is 11.9 Å². The summed E-state index contributed by atoms with van der Waals surface area (Å²) in [6.07, 6.45) is 7.86.